The van der Waals surface area contributed by atoms with Gasteiger partial charge in [0.2, 0.25) is 0 Å². The Morgan fingerprint density at radius 3 is 1.96 bits per heavy atom. The van der Waals surface area contributed by atoms with Crippen LogP contribution in [0.5, 0.6) is 0 Å². The first-order valence-electron chi connectivity index (χ1n) is 11.2. The van der Waals surface area contributed by atoms with Crippen LogP contribution in [0.25, 0.3) is 0 Å². The fourth-order valence-electron chi connectivity index (χ4n) is 5.93. The fourth-order valence-corrected chi connectivity index (χ4v) is 5.93. The van der Waals surface area contributed by atoms with E-state index in [9.17, 15) is 13.9 Å². The van der Waals surface area contributed by atoms with Crippen LogP contribution in [0.15, 0.2) is 12.2 Å². The van der Waals surface area contributed by atoms with Crippen LogP contribution in [0.2, 0.25) is 0 Å². The zero-order valence-corrected chi connectivity index (χ0v) is 16.5. The Morgan fingerprint density at radius 2 is 1.35 bits per heavy atom. The van der Waals surface area contributed by atoms with Gasteiger partial charge in [-0.3, -0.25) is 0 Å². The first kappa shape index (κ1) is 20.3. The van der Waals surface area contributed by atoms with Gasteiger partial charge in [0.25, 0.3) is 0 Å². The molecule has 4 atom stereocenters. The molecule has 0 spiro atoms. The molecule has 0 bridgehead atoms. The largest absolute Gasteiger partial charge is 0.390 e. The Labute approximate surface area is 158 Å². The van der Waals surface area contributed by atoms with Gasteiger partial charge in [-0.2, -0.15) is 0 Å². The molecule has 3 aliphatic carbocycles. The zero-order chi connectivity index (χ0) is 18.5. The van der Waals surface area contributed by atoms with E-state index in [1.165, 1.54) is 51.4 Å². The minimum atomic E-state index is -1.66. The lowest BCUT2D eigenvalue weighted by Gasteiger charge is -2.42. The molecule has 0 aromatic carbocycles. The summed E-state index contributed by atoms with van der Waals surface area (Å²) in [7, 11) is 0. The van der Waals surface area contributed by atoms with Crippen LogP contribution in [0, 0.1) is 29.6 Å². The number of alkyl halides is 2. The molecule has 0 radical (unpaired) electrons. The van der Waals surface area contributed by atoms with Crippen LogP contribution >= 0.6 is 0 Å². The molecule has 150 valence electrons. The van der Waals surface area contributed by atoms with Crippen LogP contribution < -0.4 is 0 Å². The fraction of sp³-hybridized carbons (Fsp3) is 0.913. The molecule has 0 saturated heterocycles. The quantitative estimate of drug-likeness (QED) is 0.556. The molecule has 1 N–H and O–H groups in total. The second kappa shape index (κ2) is 9.66. The topological polar surface area (TPSA) is 20.2 Å². The van der Waals surface area contributed by atoms with E-state index in [-0.39, 0.29) is 5.92 Å². The molecule has 3 fully saturated rings. The van der Waals surface area contributed by atoms with Crippen molar-refractivity contribution in [3.8, 4) is 0 Å². The Kier molecular flexibility index (Phi) is 7.54. The SMILES string of the molecule is CCC/C=C/C1CCC(C2CCC(C3CCC(O)C(F)C3F)CC2)CC1. The van der Waals surface area contributed by atoms with Gasteiger partial charge in [0.15, 0.2) is 6.17 Å². The number of halogens is 2. The molecule has 0 aliphatic heterocycles. The minimum absolute atomic E-state index is 0.159. The van der Waals surface area contributed by atoms with E-state index in [1.54, 1.807) is 0 Å². The van der Waals surface area contributed by atoms with Gasteiger partial charge in [-0.25, -0.2) is 8.78 Å². The summed E-state index contributed by atoms with van der Waals surface area (Å²) in [5.41, 5.74) is 0. The second-order valence-electron chi connectivity index (χ2n) is 9.26. The van der Waals surface area contributed by atoms with Gasteiger partial charge in [0.05, 0.1) is 6.10 Å². The van der Waals surface area contributed by atoms with Crippen molar-refractivity contribution in [2.75, 3.05) is 0 Å². The van der Waals surface area contributed by atoms with E-state index in [0.29, 0.717) is 18.8 Å². The highest BCUT2D eigenvalue weighted by Gasteiger charge is 2.44. The Balaban J connectivity index is 1.42. The summed E-state index contributed by atoms with van der Waals surface area (Å²) in [5, 5.41) is 9.55. The molecule has 26 heavy (non-hydrogen) atoms. The first-order chi connectivity index (χ1) is 12.6. The van der Waals surface area contributed by atoms with Crippen molar-refractivity contribution in [3.63, 3.8) is 0 Å². The maximum atomic E-state index is 14.4. The predicted octanol–water partition coefficient (Wildman–Crippen LogP) is 6.40. The average molecular weight is 369 g/mol. The highest BCUT2D eigenvalue weighted by atomic mass is 19.2. The summed E-state index contributed by atoms with van der Waals surface area (Å²) in [6.07, 6.45) is 14.0. The molecule has 1 nitrogen and oxygen atoms in total. The van der Waals surface area contributed by atoms with E-state index >= 15 is 0 Å². The smallest absolute Gasteiger partial charge is 0.157 e. The summed E-state index contributed by atoms with van der Waals surface area (Å²) in [6.45, 7) is 2.23. The number of aliphatic hydroxyl groups excluding tert-OH is 1. The van der Waals surface area contributed by atoms with E-state index in [4.69, 9.17) is 0 Å². The predicted molar refractivity (Wildman–Crippen MR) is 103 cm³/mol. The summed E-state index contributed by atoms with van der Waals surface area (Å²) < 4.78 is 28.2. The van der Waals surface area contributed by atoms with Gasteiger partial charge in [-0.05, 0) is 100 Å². The summed E-state index contributed by atoms with van der Waals surface area (Å²) in [4.78, 5) is 0. The van der Waals surface area contributed by atoms with Gasteiger partial charge in [0, 0.05) is 0 Å². The monoisotopic (exact) mass is 368 g/mol. The number of hydrogen-bond acceptors (Lipinski definition) is 1. The van der Waals surface area contributed by atoms with Crippen LogP contribution in [-0.4, -0.2) is 23.6 Å². The summed E-state index contributed by atoms with van der Waals surface area (Å²) >= 11 is 0. The summed E-state index contributed by atoms with van der Waals surface area (Å²) in [5.74, 6) is 2.63. The number of unbranched alkanes of at least 4 members (excludes halogenated alkanes) is 1. The maximum Gasteiger partial charge on any atom is 0.157 e. The van der Waals surface area contributed by atoms with Crippen molar-refractivity contribution in [2.45, 2.75) is 102 Å². The van der Waals surface area contributed by atoms with E-state index in [1.807, 2.05) is 0 Å². The molecule has 3 rings (SSSR count). The van der Waals surface area contributed by atoms with E-state index in [2.05, 4.69) is 19.1 Å². The van der Waals surface area contributed by atoms with Crippen molar-refractivity contribution < 1.29 is 13.9 Å². The van der Waals surface area contributed by atoms with Gasteiger partial charge < -0.3 is 5.11 Å². The molecule has 0 aromatic rings. The van der Waals surface area contributed by atoms with Crippen molar-refractivity contribution >= 4 is 0 Å². The minimum Gasteiger partial charge on any atom is -0.390 e. The summed E-state index contributed by atoms with van der Waals surface area (Å²) in [6, 6.07) is 0. The molecular weight excluding hydrogens is 330 g/mol. The Hall–Kier alpha value is -0.440. The van der Waals surface area contributed by atoms with Crippen LogP contribution in [0.3, 0.4) is 0 Å². The molecular formula is C23H38F2O. The first-order valence-corrected chi connectivity index (χ1v) is 11.2. The van der Waals surface area contributed by atoms with Crippen LogP contribution in [-0.2, 0) is 0 Å². The van der Waals surface area contributed by atoms with Crippen molar-refractivity contribution in [3.05, 3.63) is 12.2 Å². The standard InChI is InChI=1S/C23H38F2O/c1-2-3-4-5-16-6-8-17(9-7-16)18-10-12-19(13-11-18)20-14-15-21(26)23(25)22(20)24/h4-5,16-23,26H,2-3,6-15H2,1H3/b5-4+. The van der Waals surface area contributed by atoms with Crippen molar-refractivity contribution in [2.24, 2.45) is 29.6 Å². The maximum absolute atomic E-state index is 14.4. The zero-order valence-electron chi connectivity index (χ0n) is 16.5. The molecule has 0 aromatic heterocycles. The van der Waals surface area contributed by atoms with Gasteiger partial charge in [0.1, 0.15) is 6.17 Å². The van der Waals surface area contributed by atoms with E-state index < -0.39 is 18.4 Å². The molecule has 3 heteroatoms. The van der Waals surface area contributed by atoms with Gasteiger partial charge in [-0.15, -0.1) is 0 Å². The average Bonchev–Trinajstić information content (AvgIpc) is 2.67. The second-order valence-corrected chi connectivity index (χ2v) is 9.26. The third-order valence-electron chi connectivity index (χ3n) is 7.65. The highest BCUT2D eigenvalue weighted by Crippen LogP contribution is 2.46. The van der Waals surface area contributed by atoms with Crippen molar-refractivity contribution in [1.82, 2.24) is 0 Å². The third kappa shape index (κ3) is 4.88. The molecule has 3 aliphatic rings. The van der Waals surface area contributed by atoms with Crippen LogP contribution in [0.1, 0.15) is 84.0 Å². The highest BCUT2D eigenvalue weighted by molar-refractivity contribution is 4.95. The Bertz CT molecular complexity index is 435. The van der Waals surface area contributed by atoms with Gasteiger partial charge in [-0.1, -0.05) is 25.5 Å². The lowest BCUT2D eigenvalue weighted by molar-refractivity contribution is -0.0561. The number of aliphatic hydroxyl groups is 1. The Morgan fingerprint density at radius 1 is 0.769 bits per heavy atom. The number of allylic oxidation sites excluding steroid dienone is 2. The lowest BCUT2D eigenvalue weighted by Crippen LogP contribution is -2.44. The normalized spacial score (nSPS) is 45.1. The number of rotatable bonds is 5. The molecule has 4 unspecified atom stereocenters. The molecule has 0 amide bonds. The third-order valence-corrected chi connectivity index (χ3v) is 7.65. The molecule has 3 saturated carbocycles. The molecule has 0 heterocycles. The van der Waals surface area contributed by atoms with Crippen LogP contribution in [0.4, 0.5) is 8.78 Å². The van der Waals surface area contributed by atoms with Crippen molar-refractivity contribution in [1.29, 1.82) is 0 Å². The van der Waals surface area contributed by atoms with Gasteiger partial charge >= 0.3 is 0 Å². The number of hydrogen-bond donors (Lipinski definition) is 1. The lowest BCUT2D eigenvalue weighted by atomic mass is 9.65. The van der Waals surface area contributed by atoms with E-state index in [0.717, 1.165) is 30.6 Å².